The van der Waals surface area contributed by atoms with E-state index in [9.17, 15) is 0 Å². The van der Waals surface area contributed by atoms with E-state index in [1.54, 1.807) is 0 Å². The van der Waals surface area contributed by atoms with Crippen molar-refractivity contribution in [3.8, 4) is 5.75 Å². The molecule has 0 aromatic heterocycles. The first kappa shape index (κ1) is 16.3. The summed E-state index contributed by atoms with van der Waals surface area (Å²) in [5.41, 5.74) is 5.10. The second-order valence-corrected chi connectivity index (χ2v) is 18.5. The van der Waals surface area contributed by atoms with Crippen molar-refractivity contribution in [3.63, 3.8) is 0 Å². The summed E-state index contributed by atoms with van der Waals surface area (Å²) in [4.78, 5) is 0. The van der Waals surface area contributed by atoms with Crippen molar-refractivity contribution in [3.05, 3.63) is 52.6 Å². The summed E-state index contributed by atoms with van der Waals surface area (Å²) in [6, 6.07) is 9.64. The summed E-state index contributed by atoms with van der Waals surface area (Å²) < 4.78 is 5.78. The van der Waals surface area contributed by atoms with Crippen LogP contribution in [-0.2, 0) is 18.3 Å². The molecular formula is C16H20Cl2OZr. The Hall–Kier alpha value is -0.0369. The molecule has 2 rings (SSSR count). The third kappa shape index (κ3) is 2.45. The fourth-order valence-corrected chi connectivity index (χ4v) is 11.8. The molecule has 0 radical (unpaired) electrons. The van der Waals surface area contributed by atoms with Gasteiger partial charge in [-0.2, -0.15) is 0 Å². The molecule has 1 aliphatic rings. The first-order chi connectivity index (χ1) is 9.22. The van der Waals surface area contributed by atoms with Crippen molar-refractivity contribution in [2.45, 2.75) is 37.7 Å². The topological polar surface area (TPSA) is 9.23 Å². The average molecular weight is 390 g/mol. The molecule has 108 valence electrons. The van der Waals surface area contributed by atoms with E-state index >= 15 is 0 Å². The van der Waals surface area contributed by atoms with E-state index in [1.165, 1.54) is 22.3 Å². The van der Waals surface area contributed by atoms with E-state index in [-0.39, 0.29) is 3.12 Å². The van der Waals surface area contributed by atoms with Crippen LogP contribution < -0.4 is 2.81 Å². The SMILES string of the molecule is CC1=C(C)[C](C)([Zr]([Cl])([Cl])[O]c2ccccc2)C(C)=C1C. The number of rotatable bonds is 3. The maximum absolute atomic E-state index is 6.82. The average Bonchev–Trinajstić information content (AvgIpc) is 2.56. The van der Waals surface area contributed by atoms with Gasteiger partial charge < -0.3 is 0 Å². The molecular weight excluding hydrogens is 370 g/mol. The first-order valence-corrected chi connectivity index (χ1v) is 15.3. The Kier molecular flexibility index (Phi) is 4.60. The Bertz CT molecular complexity index is 564. The van der Waals surface area contributed by atoms with Gasteiger partial charge in [-0.3, -0.25) is 0 Å². The van der Waals surface area contributed by atoms with Gasteiger partial charge in [0.1, 0.15) is 0 Å². The summed E-state index contributed by atoms with van der Waals surface area (Å²) in [7, 11) is 13.6. The predicted octanol–water partition coefficient (Wildman–Crippen LogP) is 6.31. The monoisotopic (exact) mass is 388 g/mol. The van der Waals surface area contributed by atoms with E-state index in [0.29, 0.717) is 0 Å². The van der Waals surface area contributed by atoms with Gasteiger partial charge in [0.15, 0.2) is 0 Å². The molecule has 0 bridgehead atoms. The van der Waals surface area contributed by atoms with Crippen molar-refractivity contribution in [2.24, 2.45) is 0 Å². The van der Waals surface area contributed by atoms with Crippen LogP contribution in [0.3, 0.4) is 0 Å². The summed E-state index contributed by atoms with van der Waals surface area (Å²) in [6.07, 6.45) is 0. The molecule has 0 saturated heterocycles. The van der Waals surface area contributed by atoms with Gasteiger partial charge in [0.25, 0.3) is 0 Å². The first-order valence-electron chi connectivity index (χ1n) is 6.70. The molecule has 1 aromatic rings. The van der Waals surface area contributed by atoms with Gasteiger partial charge in [-0.25, -0.2) is 0 Å². The summed E-state index contributed by atoms with van der Waals surface area (Å²) in [5, 5.41) is 0. The van der Waals surface area contributed by atoms with Gasteiger partial charge in [-0.15, -0.1) is 0 Å². The van der Waals surface area contributed by atoms with Gasteiger partial charge in [0.2, 0.25) is 0 Å². The molecule has 1 aromatic carbocycles. The zero-order valence-corrected chi connectivity index (χ0v) is 16.5. The van der Waals surface area contributed by atoms with Crippen molar-refractivity contribution in [1.29, 1.82) is 0 Å². The van der Waals surface area contributed by atoms with Gasteiger partial charge in [0.05, 0.1) is 0 Å². The molecule has 20 heavy (non-hydrogen) atoms. The minimum absolute atomic E-state index is 0.318. The number of hydrogen-bond acceptors (Lipinski definition) is 1. The molecule has 4 heteroatoms. The van der Waals surface area contributed by atoms with Crippen LogP contribution in [0.5, 0.6) is 5.75 Å². The van der Waals surface area contributed by atoms with Gasteiger partial charge >= 0.3 is 134 Å². The minimum atomic E-state index is -3.87. The van der Waals surface area contributed by atoms with Crippen molar-refractivity contribution in [2.75, 3.05) is 0 Å². The van der Waals surface area contributed by atoms with Crippen LogP contribution in [0.25, 0.3) is 0 Å². The molecule has 0 fully saturated rings. The third-order valence-electron chi connectivity index (χ3n) is 4.76. The van der Waals surface area contributed by atoms with E-state index in [2.05, 4.69) is 34.6 Å². The Morgan fingerprint density at radius 1 is 0.900 bits per heavy atom. The van der Waals surface area contributed by atoms with E-state index in [4.69, 9.17) is 19.8 Å². The van der Waals surface area contributed by atoms with Gasteiger partial charge in [0, 0.05) is 0 Å². The van der Waals surface area contributed by atoms with E-state index in [1.807, 2.05) is 30.3 Å². The van der Waals surface area contributed by atoms with Crippen LogP contribution in [0, 0.1) is 0 Å². The van der Waals surface area contributed by atoms with E-state index in [0.717, 1.165) is 5.75 Å². The zero-order valence-electron chi connectivity index (χ0n) is 12.6. The standard InChI is InChI=1S/C10H15.C6H6O.2ClH.Zr/c1-6-7(2)9(4)10(5)8(6)3;7-6-4-2-1-3-5-6;;;/h1-5H3;1-5,7H;2*1H;/q;;;;+3/p-3. The van der Waals surface area contributed by atoms with Crippen molar-refractivity contribution in [1.82, 2.24) is 0 Å². The number of allylic oxidation sites excluding steroid dienone is 4. The van der Waals surface area contributed by atoms with Crippen LogP contribution in [0.15, 0.2) is 52.6 Å². The normalized spacial score (nSPS) is 18.8. The molecule has 1 nitrogen and oxygen atoms in total. The second kappa shape index (κ2) is 5.63. The maximum atomic E-state index is 6.82. The molecule has 0 N–H and O–H groups in total. The summed E-state index contributed by atoms with van der Waals surface area (Å²) in [5.74, 6) is 0.761. The van der Waals surface area contributed by atoms with Crippen LogP contribution in [0.2, 0.25) is 3.12 Å². The fourth-order valence-electron chi connectivity index (χ4n) is 2.77. The Morgan fingerprint density at radius 3 is 1.80 bits per heavy atom. The van der Waals surface area contributed by atoms with Crippen LogP contribution >= 0.6 is 17.0 Å². The molecule has 1 aliphatic carbocycles. The third-order valence-corrected chi connectivity index (χ3v) is 16.1. The zero-order chi connectivity index (χ0) is 15.1. The Labute approximate surface area is 133 Å². The number of benzene rings is 1. The molecule has 0 spiro atoms. The summed E-state index contributed by atoms with van der Waals surface area (Å²) >= 11 is -3.87. The molecule has 0 saturated carbocycles. The molecule has 0 heterocycles. The van der Waals surface area contributed by atoms with Crippen LogP contribution in [0.4, 0.5) is 0 Å². The molecule has 0 atom stereocenters. The van der Waals surface area contributed by atoms with Crippen molar-refractivity contribution < 1.29 is 21.1 Å². The molecule has 0 aliphatic heterocycles. The van der Waals surface area contributed by atoms with E-state index < -0.39 is 18.3 Å². The molecule has 0 unspecified atom stereocenters. The van der Waals surface area contributed by atoms with Crippen LogP contribution in [0.1, 0.15) is 34.6 Å². The number of halogens is 2. The predicted molar refractivity (Wildman–Crippen MR) is 83.9 cm³/mol. The second-order valence-electron chi connectivity index (χ2n) is 5.56. The Balaban J connectivity index is 2.44. The Morgan fingerprint density at radius 2 is 1.35 bits per heavy atom. The molecule has 0 amide bonds. The number of hydrogen-bond donors (Lipinski definition) is 0. The fraction of sp³-hybridized carbons (Fsp3) is 0.375. The van der Waals surface area contributed by atoms with Gasteiger partial charge in [-0.05, 0) is 0 Å². The summed E-state index contributed by atoms with van der Waals surface area (Å²) in [6.45, 7) is 10.7. The van der Waals surface area contributed by atoms with Crippen molar-refractivity contribution >= 4 is 17.0 Å². The van der Waals surface area contributed by atoms with Crippen LogP contribution in [-0.4, -0.2) is 0 Å². The quantitative estimate of drug-likeness (QED) is 0.588. The van der Waals surface area contributed by atoms with Gasteiger partial charge in [-0.1, -0.05) is 0 Å². The number of para-hydroxylation sites is 1.